The third-order valence-electron chi connectivity index (χ3n) is 4.92. The van der Waals surface area contributed by atoms with Gasteiger partial charge in [-0.3, -0.25) is 4.79 Å². The second kappa shape index (κ2) is 11.0. The van der Waals surface area contributed by atoms with Crippen molar-refractivity contribution in [1.82, 2.24) is 0 Å². The lowest BCUT2D eigenvalue weighted by Gasteiger charge is -2.25. The van der Waals surface area contributed by atoms with Crippen molar-refractivity contribution in [2.45, 2.75) is 24.0 Å². The number of aliphatic imine (C=N–C) groups is 1. The van der Waals surface area contributed by atoms with Gasteiger partial charge in [-0.25, -0.2) is 0 Å². The standard InChI is InChI=1S/C25H20F6N2OS/c1-33(20-10-6-3-7-11-20)23(32-22(34)18-8-4-2-5-9-18)35-21(16-24(26,27)28)17-12-14-19(15-13-17)25(29,30)31/h2-15,21H,16H2,1H3. The molecule has 0 saturated heterocycles. The number of amidine groups is 1. The average molecular weight is 511 g/mol. The molecule has 0 radical (unpaired) electrons. The van der Waals surface area contributed by atoms with E-state index in [1.54, 1.807) is 55.6 Å². The number of anilines is 1. The van der Waals surface area contributed by atoms with Crippen molar-refractivity contribution in [3.05, 3.63) is 102 Å². The van der Waals surface area contributed by atoms with Gasteiger partial charge in [0.1, 0.15) is 0 Å². The second-order valence-corrected chi connectivity index (χ2v) is 8.68. The SMILES string of the molecule is CN(C(=NC(=O)c1ccccc1)SC(CC(F)(F)F)c1ccc(C(F)(F)F)cc1)c1ccccc1. The zero-order chi connectivity index (χ0) is 25.6. The summed E-state index contributed by atoms with van der Waals surface area (Å²) in [5.74, 6) is -0.658. The fourth-order valence-corrected chi connectivity index (χ4v) is 4.35. The molecule has 3 aromatic rings. The summed E-state index contributed by atoms with van der Waals surface area (Å²) in [6, 6.07) is 20.1. The van der Waals surface area contributed by atoms with Crippen LogP contribution in [0.5, 0.6) is 0 Å². The van der Waals surface area contributed by atoms with Crippen LogP contribution in [0.25, 0.3) is 0 Å². The number of rotatable bonds is 5. The fraction of sp³-hybridized carbons (Fsp3) is 0.200. The largest absolute Gasteiger partial charge is 0.416 e. The summed E-state index contributed by atoms with van der Waals surface area (Å²) in [6.07, 6.45) is -10.6. The Hall–Kier alpha value is -3.27. The number of hydrogen-bond acceptors (Lipinski definition) is 2. The zero-order valence-electron chi connectivity index (χ0n) is 18.3. The van der Waals surface area contributed by atoms with Crippen LogP contribution in [-0.2, 0) is 6.18 Å². The Labute approximate surface area is 202 Å². The number of para-hydroxylation sites is 1. The predicted molar refractivity (Wildman–Crippen MR) is 126 cm³/mol. The Morgan fingerprint density at radius 3 is 1.91 bits per heavy atom. The van der Waals surface area contributed by atoms with Gasteiger partial charge in [-0.05, 0) is 42.0 Å². The summed E-state index contributed by atoms with van der Waals surface area (Å²) in [4.78, 5) is 18.3. The molecule has 1 amide bonds. The molecule has 35 heavy (non-hydrogen) atoms. The van der Waals surface area contributed by atoms with Gasteiger partial charge in [0.05, 0.1) is 12.0 Å². The number of amides is 1. The van der Waals surface area contributed by atoms with E-state index in [1.807, 2.05) is 0 Å². The monoisotopic (exact) mass is 510 g/mol. The zero-order valence-corrected chi connectivity index (χ0v) is 19.2. The van der Waals surface area contributed by atoms with Gasteiger partial charge in [0.25, 0.3) is 5.91 Å². The molecule has 3 nitrogen and oxygen atoms in total. The van der Waals surface area contributed by atoms with Crippen molar-refractivity contribution in [1.29, 1.82) is 0 Å². The van der Waals surface area contributed by atoms with Gasteiger partial charge in [-0.2, -0.15) is 31.3 Å². The number of halogens is 6. The van der Waals surface area contributed by atoms with E-state index in [4.69, 9.17) is 0 Å². The third-order valence-corrected chi connectivity index (χ3v) is 6.22. The number of alkyl halides is 6. The van der Waals surface area contributed by atoms with Crippen molar-refractivity contribution < 1.29 is 31.1 Å². The minimum Gasteiger partial charge on any atom is -0.324 e. The molecule has 3 aromatic carbocycles. The Morgan fingerprint density at radius 2 is 1.40 bits per heavy atom. The van der Waals surface area contributed by atoms with Gasteiger partial charge >= 0.3 is 12.4 Å². The van der Waals surface area contributed by atoms with Crippen LogP contribution in [0, 0.1) is 0 Å². The van der Waals surface area contributed by atoms with E-state index in [2.05, 4.69) is 4.99 Å². The van der Waals surface area contributed by atoms with E-state index in [1.165, 1.54) is 17.0 Å². The summed E-state index contributed by atoms with van der Waals surface area (Å²) >= 11 is 0.663. The van der Waals surface area contributed by atoms with Crippen LogP contribution < -0.4 is 4.90 Å². The number of nitrogens with zero attached hydrogens (tertiary/aromatic N) is 2. The molecule has 0 aliphatic rings. The molecule has 0 heterocycles. The van der Waals surface area contributed by atoms with Gasteiger partial charge in [-0.1, -0.05) is 60.3 Å². The van der Waals surface area contributed by atoms with Crippen molar-refractivity contribution in [3.63, 3.8) is 0 Å². The lowest BCUT2D eigenvalue weighted by molar-refractivity contribution is -0.138. The molecule has 0 spiro atoms. The summed E-state index contributed by atoms with van der Waals surface area (Å²) in [5.41, 5.74) is -0.125. The van der Waals surface area contributed by atoms with Gasteiger partial charge in [0.15, 0.2) is 5.17 Å². The average Bonchev–Trinajstić information content (AvgIpc) is 2.82. The van der Waals surface area contributed by atoms with Crippen molar-refractivity contribution >= 4 is 28.5 Å². The van der Waals surface area contributed by atoms with Crippen molar-refractivity contribution in [2.24, 2.45) is 4.99 Å². The highest BCUT2D eigenvalue weighted by atomic mass is 32.2. The van der Waals surface area contributed by atoms with Crippen LogP contribution in [-0.4, -0.2) is 24.3 Å². The van der Waals surface area contributed by atoms with E-state index in [0.717, 1.165) is 24.3 Å². The molecule has 10 heteroatoms. The number of hydrogen-bond donors (Lipinski definition) is 0. The molecule has 0 fully saturated rings. The van der Waals surface area contributed by atoms with E-state index < -0.39 is 35.5 Å². The smallest absolute Gasteiger partial charge is 0.324 e. The summed E-state index contributed by atoms with van der Waals surface area (Å²) in [6.45, 7) is 0. The third kappa shape index (κ3) is 7.61. The molecule has 1 atom stereocenters. The first-order chi connectivity index (χ1) is 16.4. The topological polar surface area (TPSA) is 32.7 Å². The Balaban J connectivity index is 2.01. The molecule has 184 valence electrons. The number of benzene rings is 3. The lowest BCUT2D eigenvalue weighted by atomic mass is 10.1. The maximum atomic E-state index is 13.4. The molecule has 0 N–H and O–H groups in total. The predicted octanol–water partition coefficient (Wildman–Crippen LogP) is 7.76. The first-order valence-electron chi connectivity index (χ1n) is 10.3. The van der Waals surface area contributed by atoms with E-state index in [9.17, 15) is 31.1 Å². The highest BCUT2D eigenvalue weighted by molar-refractivity contribution is 8.14. The summed E-state index contributed by atoms with van der Waals surface area (Å²) < 4.78 is 79.2. The minimum atomic E-state index is -4.62. The molecular formula is C25H20F6N2OS. The summed E-state index contributed by atoms with van der Waals surface area (Å²) in [7, 11) is 1.55. The lowest BCUT2D eigenvalue weighted by Crippen LogP contribution is -2.26. The van der Waals surface area contributed by atoms with E-state index in [-0.39, 0.29) is 16.3 Å². The molecule has 3 rings (SSSR count). The molecule has 0 aliphatic heterocycles. The molecule has 0 aromatic heterocycles. The quantitative estimate of drug-likeness (QED) is 0.200. The van der Waals surface area contributed by atoms with Crippen LogP contribution >= 0.6 is 11.8 Å². The first-order valence-corrected chi connectivity index (χ1v) is 11.2. The van der Waals surface area contributed by atoms with E-state index in [0.29, 0.717) is 17.4 Å². The van der Waals surface area contributed by atoms with Gasteiger partial charge in [0.2, 0.25) is 0 Å². The van der Waals surface area contributed by atoms with Crippen LogP contribution in [0.4, 0.5) is 32.0 Å². The second-order valence-electron chi connectivity index (χ2n) is 7.51. The van der Waals surface area contributed by atoms with Crippen LogP contribution in [0.3, 0.4) is 0 Å². The van der Waals surface area contributed by atoms with Gasteiger partial charge < -0.3 is 4.90 Å². The van der Waals surface area contributed by atoms with Crippen LogP contribution in [0.1, 0.15) is 33.2 Å². The van der Waals surface area contributed by atoms with Gasteiger partial charge in [0, 0.05) is 23.5 Å². The Morgan fingerprint density at radius 1 is 0.857 bits per heavy atom. The maximum Gasteiger partial charge on any atom is 0.416 e. The molecular weight excluding hydrogens is 490 g/mol. The highest BCUT2D eigenvalue weighted by Gasteiger charge is 2.36. The number of carbonyl (C=O) groups excluding carboxylic acids is 1. The molecule has 0 saturated carbocycles. The van der Waals surface area contributed by atoms with Crippen LogP contribution in [0.15, 0.2) is 89.9 Å². The Bertz CT molecular complexity index is 1150. The van der Waals surface area contributed by atoms with Crippen molar-refractivity contribution in [3.8, 4) is 0 Å². The van der Waals surface area contributed by atoms with Crippen molar-refractivity contribution in [2.75, 3.05) is 11.9 Å². The highest BCUT2D eigenvalue weighted by Crippen LogP contribution is 2.41. The van der Waals surface area contributed by atoms with Crippen LogP contribution in [0.2, 0.25) is 0 Å². The van der Waals surface area contributed by atoms with Gasteiger partial charge in [-0.15, -0.1) is 0 Å². The molecule has 1 unspecified atom stereocenters. The molecule has 0 aliphatic carbocycles. The number of thioether (sulfide) groups is 1. The minimum absolute atomic E-state index is 0.0285. The normalized spacial score (nSPS) is 13.4. The Kier molecular flexibility index (Phi) is 8.26. The fourth-order valence-electron chi connectivity index (χ4n) is 3.13. The first kappa shape index (κ1) is 26.3. The van der Waals surface area contributed by atoms with E-state index >= 15 is 0 Å². The summed E-state index contributed by atoms with van der Waals surface area (Å²) in [5, 5.41) is -1.37. The molecule has 0 bridgehead atoms. The number of carbonyl (C=O) groups is 1. The maximum absolute atomic E-state index is 13.4.